The number of hydrogen-bond donors (Lipinski definition) is 1. The number of hydrogen-bond acceptors (Lipinski definition) is 5. The standard InChI is InChI=1S/C22H32N4O2/c1-24-8-10-25(11-9-24)19-6-4-17(5-7-19)22(27)23-18-12-20-15-28-21(16-2-3-16)14-26(20)13-18/h4-7,16,18,20-21H,2-3,8-15H2,1H3,(H,23,27)/t18-,20+,21+/m1/s1. The van der Waals surface area contributed by atoms with Crippen molar-refractivity contribution in [3.63, 3.8) is 0 Å². The van der Waals surface area contributed by atoms with Crippen molar-refractivity contribution >= 4 is 11.6 Å². The van der Waals surface area contributed by atoms with Crippen LogP contribution in [0.1, 0.15) is 29.6 Å². The van der Waals surface area contributed by atoms with E-state index in [0.29, 0.717) is 12.1 Å². The highest BCUT2D eigenvalue weighted by atomic mass is 16.5. The number of likely N-dealkylation sites (N-methyl/N-ethyl adjacent to an activating group) is 1. The quantitative estimate of drug-likeness (QED) is 0.851. The predicted molar refractivity (Wildman–Crippen MR) is 110 cm³/mol. The first kappa shape index (κ1) is 18.4. The molecule has 0 radical (unpaired) electrons. The lowest BCUT2D eigenvalue weighted by Gasteiger charge is -2.35. The molecule has 5 rings (SSSR count). The Kier molecular flexibility index (Phi) is 5.03. The average Bonchev–Trinajstić information content (AvgIpc) is 3.48. The third-order valence-electron chi connectivity index (χ3n) is 6.93. The van der Waals surface area contributed by atoms with Gasteiger partial charge in [-0.15, -0.1) is 0 Å². The molecule has 6 heteroatoms. The number of ether oxygens (including phenoxy) is 1. The van der Waals surface area contributed by atoms with E-state index in [2.05, 4.69) is 39.2 Å². The van der Waals surface area contributed by atoms with Crippen molar-refractivity contribution in [2.45, 2.75) is 37.5 Å². The molecule has 6 nitrogen and oxygen atoms in total. The molecule has 1 aromatic carbocycles. The highest BCUT2D eigenvalue weighted by molar-refractivity contribution is 5.94. The second-order valence-corrected chi connectivity index (χ2v) is 9.06. The lowest BCUT2D eigenvalue weighted by molar-refractivity contribution is -0.0581. The van der Waals surface area contributed by atoms with Crippen LogP contribution in [-0.2, 0) is 4.74 Å². The van der Waals surface area contributed by atoms with Gasteiger partial charge in [0, 0.05) is 62.6 Å². The van der Waals surface area contributed by atoms with Crippen LogP contribution in [0.3, 0.4) is 0 Å². The van der Waals surface area contributed by atoms with Crippen LogP contribution in [0.15, 0.2) is 24.3 Å². The zero-order chi connectivity index (χ0) is 19.1. The molecular weight excluding hydrogens is 352 g/mol. The zero-order valence-electron chi connectivity index (χ0n) is 16.8. The van der Waals surface area contributed by atoms with E-state index >= 15 is 0 Å². The van der Waals surface area contributed by atoms with Gasteiger partial charge < -0.3 is 19.9 Å². The van der Waals surface area contributed by atoms with Gasteiger partial charge in [0.1, 0.15) is 0 Å². The van der Waals surface area contributed by atoms with E-state index in [9.17, 15) is 4.79 Å². The molecular formula is C22H32N4O2. The zero-order valence-corrected chi connectivity index (χ0v) is 16.8. The van der Waals surface area contributed by atoms with Crippen molar-refractivity contribution in [3.8, 4) is 0 Å². The Morgan fingerprint density at radius 2 is 1.82 bits per heavy atom. The summed E-state index contributed by atoms with van der Waals surface area (Å²) in [4.78, 5) is 20.0. The summed E-state index contributed by atoms with van der Waals surface area (Å²) >= 11 is 0. The Hall–Kier alpha value is -1.63. The van der Waals surface area contributed by atoms with Crippen LogP contribution in [-0.4, -0.2) is 86.8 Å². The highest BCUT2D eigenvalue weighted by Crippen LogP contribution is 2.37. The van der Waals surface area contributed by atoms with Crippen LogP contribution in [0.5, 0.6) is 0 Å². The number of anilines is 1. The van der Waals surface area contributed by atoms with E-state index in [4.69, 9.17) is 4.74 Å². The van der Waals surface area contributed by atoms with Crippen molar-refractivity contribution < 1.29 is 9.53 Å². The molecule has 3 atom stereocenters. The Labute approximate surface area is 167 Å². The van der Waals surface area contributed by atoms with Crippen molar-refractivity contribution in [1.29, 1.82) is 0 Å². The maximum atomic E-state index is 12.7. The third kappa shape index (κ3) is 3.91. The molecule has 3 aliphatic heterocycles. The number of carbonyl (C=O) groups excluding carboxylic acids is 1. The van der Waals surface area contributed by atoms with E-state index in [1.807, 2.05) is 12.1 Å². The number of morpholine rings is 1. The molecule has 28 heavy (non-hydrogen) atoms. The summed E-state index contributed by atoms with van der Waals surface area (Å²) < 4.78 is 6.07. The third-order valence-corrected chi connectivity index (χ3v) is 6.93. The second kappa shape index (κ2) is 7.65. The maximum absolute atomic E-state index is 12.7. The smallest absolute Gasteiger partial charge is 0.251 e. The molecule has 0 bridgehead atoms. The summed E-state index contributed by atoms with van der Waals surface area (Å²) in [5, 5.41) is 3.26. The minimum Gasteiger partial charge on any atom is -0.375 e. The first-order valence-corrected chi connectivity index (χ1v) is 10.9. The molecule has 3 saturated heterocycles. The number of carbonyl (C=O) groups is 1. The van der Waals surface area contributed by atoms with Crippen molar-refractivity contribution in [1.82, 2.24) is 15.1 Å². The van der Waals surface area contributed by atoms with Gasteiger partial charge in [0.15, 0.2) is 0 Å². The molecule has 0 spiro atoms. The summed E-state index contributed by atoms with van der Waals surface area (Å²) in [7, 11) is 2.17. The van der Waals surface area contributed by atoms with Crippen LogP contribution in [0.2, 0.25) is 0 Å². The molecule has 4 aliphatic rings. The van der Waals surface area contributed by atoms with Gasteiger partial charge in [-0.05, 0) is 56.5 Å². The summed E-state index contributed by atoms with van der Waals surface area (Å²) in [6, 6.07) is 8.82. The van der Waals surface area contributed by atoms with E-state index in [1.54, 1.807) is 0 Å². The second-order valence-electron chi connectivity index (χ2n) is 9.06. The van der Waals surface area contributed by atoms with Gasteiger partial charge >= 0.3 is 0 Å². The number of piperazine rings is 1. The molecule has 1 saturated carbocycles. The van der Waals surface area contributed by atoms with Crippen molar-refractivity contribution in [2.24, 2.45) is 5.92 Å². The van der Waals surface area contributed by atoms with E-state index in [1.165, 1.54) is 18.5 Å². The Morgan fingerprint density at radius 3 is 2.54 bits per heavy atom. The number of nitrogens with zero attached hydrogens (tertiary/aromatic N) is 3. The van der Waals surface area contributed by atoms with Crippen LogP contribution < -0.4 is 10.2 Å². The van der Waals surface area contributed by atoms with Crippen LogP contribution >= 0.6 is 0 Å². The SMILES string of the molecule is CN1CCN(c2ccc(C(=O)N[C@@H]3C[C@H]4CO[C@H](C5CC5)CN4C3)cc2)CC1. The molecule has 0 aromatic heterocycles. The first-order chi connectivity index (χ1) is 13.7. The molecule has 1 aromatic rings. The number of fused-ring (bicyclic) bond motifs is 1. The number of benzene rings is 1. The molecule has 4 fully saturated rings. The molecule has 0 unspecified atom stereocenters. The summed E-state index contributed by atoms with van der Waals surface area (Å²) in [5.41, 5.74) is 1.97. The molecule has 1 amide bonds. The Bertz CT molecular complexity index is 697. The van der Waals surface area contributed by atoms with Gasteiger partial charge in [0.2, 0.25) is 0 Å². The fraction of sp³-hybridized carbons (Fsp3) is 0.682. The summed E-state index contributed by atoms with van der Waals surface area (Å²) in [6.45, 7) is 7.10. The Balaban J connectivity index is 1.15. The topological polar surface area (TPSA) is 48.1 Å². The fourth-order valence-corrected chi connectivity index (χ4v) is 4.91. The molecule has 152 valence electrons. The van der Waals surface area contributed by atoms with Gasteiger partial charge in [-0.3, -0.25) is 9.69 Å². The highest BCUT2D eigenvalue weighted by Gasteiger charge is 2.42. The molecule has 1 aliphatic carbocycles. The monoisotopic (exact) mass is 384 g/mol. The largest absolute Gasteiger partial charge is 0.375 e. The minimum absolute atomic E-state index is 0.0504. The molecule has 1 N–H and O–H groups in total. The van der Waals surface area contributed by atoms with E-state index in [-0.39, 0.29) is 11.9 Å². The maximum Gasteiger partial charge on any atom is 0.251 e. The molecule has 3 heterocycles. The van der Waals surface area contributed by atoms with Gasteiger partial charge in [0.05, 0.1) is 12.7 Å². The normalized spacial score (nSPS) is 31.6. The lowest BCUT2D eigenvalue weighted by atomic mass is 10.1. The number of amides is 1. The first-order valence-electron chi connectivity index (χ1n) is 10.9. The lowest BCUT2D eigenvalue weighted by Crippen LogP contribution is -2.47. The average molecular weight is 385 g/mol. The van der Waals surface area contributed by atoms with Gasteiger partial charge in [-0.2, -0.15) is 0 Å². The Morgan fingerprint density at radius 1 is 1.07 bits per heavy atom. The van der Waals surface area contributed by atoms with E-state index < -0.39 is 0 Å². The van der Waals surface area contributed by atoms with Crippen LogP contribution in [0, 0.1) is 5.92 Å². The van der Waals surface area contributed by atoms with Crippen molar-refractivity contribution in [2.75, 3.05) is 57.8 Å². The van der Waals surface area contributed by atoms with Gasteiger partial charge in [-0.1, -0.05) is 0 Å². The minimum atomic E-state index is 0.0504. The number of nitrogens with one attached hydrogen (secondary N) is 1. The van der Waals surface area contributed by atoms with E-state index in [0.717, 1.165) is 63.8 Å². The number of rotatable bonds is 4. The summed E-state index contributed by atoms with van der Waals surface area (Å²) in [5.74, 6) is 0.836. The fourth-order valence-electron chi connectivity index (χ4n) is 4.91. The van der Waals surface area contributed by atoms with Crippen LogP contribution in [0.25, 0.3) is 0 Å². The predicted octanol–water partition coefficient (Wildman–Crippen LogP) is 1.42. The van der Waals surface area contributed by atoms with Crippen molar-refractivity contribution in [3.05, 3.63) is 29.8 Å². The van der Waals surface area contributed by atoms with Gasteiger partial charge in [-0.25, -0.2) is 0 Å². The van der Waals surface area contributed by atoms with Crippen LogP contribution in [0.4, 0.5) is 5.69 Å². The van der Waals surface area contributed by atoms with Gasteiger partial charge in [0.25, 0.3) is 5.91 Å². The summed E-state index contributed by atoms with van der Waals surface area (Å²) in [6.07, 6.45) is 4.08.